The molecule has 0 aromatic carbocycles. The lowest BCUT2D eigenvalue weighted by Crippen LogP contribution is -2.45. The van der Waals surface area contributed by atoms with Gasteiger partial charge in [-0.25, -0.2) is 0 Å². The Balaban J connectivity index is 1.84. The van der Waals surface area contributed by atoms with E-state index in [1.54, 1.807) is 0 Å². The topological polar surface area (TPSA) is 3.24 Å². The van der Waals surface area contributed by atoms with Crippen molar-refractivity contribution in [2.75, 3.05) is 25.4 Å². The smallest absolute Gasteiger partial charge is 0.303 e. The van der Waals surface area contributed by atoms with Crippen molar-refractivity contribution in [3.8, 4) is 0 Å². The molecule has 112 valence electrons. The molecule has 1 aliphatic heterocycles. The van der Waals surface area contributed by atoms with Gasteiger partial charge in [0.1, 0.15) is 0 Å². The fourth-order valence-corrected chi connectivity index (χ4v) is 3.98. The summed E-state index contributed by atoms with van der Waals surface area (Å²) in [5.74, 6) is -0.214. The summed E-state index contributed by atoms with van der Waals surface area (Å²) < 4.78 is 37.9. The van der Waals surface area contributed by atoms with Crippen LogP contribution in [0, 0.1) is 11.3 Å². The van der Waals surface area contributed by atoms with Crippen molar-refractivity contribution in [2.45, 2.75) is 51.1 Å². The fourth-order valence-electron chi connectivity index (χ4n) is 3.56. The van der Waals surface area contributed by atoms with Gasteiger partial charge >= 0.3 is 6.18 Å². The Kier molecular flexibility index (Phi) is 5.09. The maximum Gasteiger partial charge on any atom is 0.391 e. The molecule has 0 aromatic heterocycles. The van der Waals surface area contributed by atoms with E-state index in [1.165, 1.54) is 32.1 Å². The Hall–Kier alpha value is 0.100. The van der Waals surface area contributed by atoms with Crippen LogP contribution >= 0.6 is 12.6 Å². The number of nitrogens with zero attached hydrogens (tertiary/aromatic N) is 1. The van der Waals surface area contributed by atoms with E-state index in [2.05, 4.69) is 17.5 Å². The standard InChI is InChI=1S/C14H24F3NS/c15-14(16,17)12-4-8-18(9-5-12)10-13(11-19)6-2-1-3-7-13/h12,19H,1-11H2. The van der Waals surface area contributed by atoms with E-state index in [0.717, 1.165) is 12.3 Å². The first-order chi connectivity index (χ1) is 8.95. The normalized spacial score (nSPS) is 26.5. The maximum atomic E-state index is 12.6. The first-order valence-corrected chi connectivity index (χ1v) is 7.98. The number of rotatable bonds is 3. The third-order valence-electron chi connectivity index (χ3n) is 4.86. The summed E-state index contributed by atoms with van der Waals surface area (Å²) >= 11 is 4.51. The number of hydrogen-bond acceptors (Lipinski definition) is 2. The molecule has 2 fully saturated rings. The summed E-state index contributed by atoms with van der Waals surface area (Å²) in [6.45, 7) is 2.14. The van der Waals surface area contributed by atoms with Crippen LogP contribution in [0.2, 0.25) is 0 Å². The van der Waals surface area contributed by atoms with E-state index in [0.29, 0.717) is 13.1 Å². The molecule has 1 saturated heterocycles. The molecule has 0 radical (unpaired) electrons. The Morgan fingerprint density at radius 1 is 1.05 bits per heavy atom. The Morgan fingerprint density at radius 2 is 1.63 bits per heavy atom. The summed E-state index contributed by atoms with van der Waals surface area (Å²) in [5.41, 5.74) is 0.256. The third-order valence-corrected chi connectivity index (χ3v) is 5.53. The molecule has 0 atom stereocenters. The van der Waals surface area contributed by atoms with E-state index in [9.17, 15) is 13.2 Å². The molecule has 2 aliphatic rings. The first-order valence-electron chi connectivity index (χ1n) is 7.35. The lowest BCUT2D eigenvalue weighted by atomic mass is 9.75. The van der Waals surface area contributed by atoms with E-state index in [1.807, 2.05) is 0 Å². The highest BCUT2D eigenvalue weighted by Gasteiger charge is 2.42. The molecule has 1 saturated carbocycles. The maximum absolute atomic E-state index is 12.6. The highest BCUT2D eigenvalue weighted by atomic mass is 32.1. The molecule has 1 heterocycles. The summed E-state index contributed by atoms with van der Waals surface area (Å²) in [7, 11) is 0. The second-order valence-electron chi connectivity index (χ2n) is 6.31. The van der Waals surface area contributed by atoms with E-state index in [4.69, 9.17) is 0 Å². The van der Waals surface area contributed by atoms with Gasteiger partial charge in [-0.05, 0) is 49.9 Å². The highest BCUT2D eigenvalue weighted by Crippen LogP contribution is 2.40. The molecule has 1 nitrogen and oxygen atoms in total. The highest BCUT2D eigenvalue weighted by molar-refractivity contribution is 7.80. The van der Waals surface area contributed by atoms with Crippen LogP contribution in [0.1, 0.15) is 44.9 Å². The molecule has 0 spiro atoms. The van der Waals surface area contributed by atoms with Crippen LogP contribution in [0.3, 0.4) is 0 Å². The van der Waals surface area contributed by atoms with Gasteiger partial charge in [-0.2, -0.15) is 25.8 Å². The Bertz CT molecular complexity index is 279. The predicted octanol–water partition coefficient (Wildman–Crippen LogP) is 4.14. The lowest BCUT2D eigenvalue weighted by molar-refractivity contribution is -0.185. The second-order valence-corrected chi connectivity index (χ2v) is 6.63. The van der Waals surface area contributed by atoms with Gasteiger partial charge in [-0.3, -0.25) is 0 Å². The van der Waals surface area contributed by atoms with Gasteiger partial charge in [0.25, 0.3) is 0 Å². The average molecular weight is 295 g/mol. The Labute approximate surface area is 119 Å². The summed E-state index contributed by atoms with van der Waals surface area (Å²) in [6, 6.07) is 0. The van der Waals surface area contributed by atoms with Crippen LogP contribution < -0.4 is 0 Å². The molecule has 0 aromatic rings. The van der Waals surface area contributed by atoms with Crippen LogP contribution in [-0.2, 0) is 0 Å². The van der Waals surface area contributed by atoms with Crippen molar-refractivity contribution in [2.24, 2.45) is 11.3 Å². The lowest BCUT2D eigenvalue weighted by Gasteiger charge is -2.42. The zero-order chi connectivity index (χ0) is 13.9. The monoisotopic (exact) mass is 295 g/mol. The van der Waals surface area contributed by atoms with Gasteiger partial charge in [-0.15, -0.1) is 0 Å². The van der Waals surface area contributed by atoms with Gasteiger partial charge in [0.05, 0.1) is 5.92 Å². The summed E-state index contributed by atoms with van der Waals surface area (Å²) in [4.78, 5) is 2.24. The minimum absolute atomic E-state index is 0.256. The molecule has 19 heavy (non-hydrogen) atoms. The number of halogens is 3. The number of hydrogen-bond donors (Lipinski definition) is 1. The first kappa shape index (κ1) is 15.5. The van der Waals surface area contributed by atoms with Crippen molar-refractivity contribution >= 4 is 12.6 Å². The van der Waals surface area contributed by atoms with Gasteiger partial charge in [-0.1, -0.05) is 19.3 Å². The van der Waals surface area contributed by atoms with Crippen LogP contribution in [-0.4, -0.2) is 36.5 Å². The van der Waals surface area contributed by atoms with Crippen molar-refractivity contribution in [1.29, 1.82) is 0 Å². The van der Waals surface area contributed by atoms with Crippen LogP contribution in [0.5, 0.6) is 0 Å². The molecule has 0 amide bonds. The van der Waals surface area contributed by atoms with Crippen molar-refractivity contribution < 1.29 is 13.2 Å². The number of piperidine rings is 1. The predicted molar refractivity (Wildman–Crippen MR) is 74.6 cm³/mol. The molecule has 2 rings (SSSR count). The fraction of sp³-hybridized carbons (Fsp3) is 1.00. The number of likely N-dealkylation sites (tertiary alicyclic amines) is 1. The van der Waals surface area contributed by atoms with Crippen molar-refractivity contribution in [3.63, 3.8) is 0 Å². The molecule has 0 N–H and O–H groups in total. The molecular formula is C14H24F3NS. The van der Waals surface area contributed by atoms with Gasteiger partial charge in [0.2, 0.25) is 0 Å². The molecular weight excluding hydrogens is 271 g/mol. The quantitative estimate of drug-likeness (QED) is 0.766. The second kappa shape index (κ2) is 6.25. The van der Waals surface area contributed by atoms with Gasteiger partial charge in [0.15, 0.2) is 0 Å². The SMILES string of the molecule is FC(F)(F)C1CCN(CC2(CS)CCCCC2)CC1. The molecule has 1 aliphatic carbocycles. The van der Waals surface area contributed by atoms with Crippen LogP contribution in [0.25, 0.3) is 0 Å². The number of alkyl halides is 3. The molecule has 5 heteroatoms. The third kappa shape index (κ3) is 4.03. The summed E-state index contributed by atoms with van der Waals surface area (Å²) in [5, 5.41) is 0. The van der Waals surface area contributed by atoms with E-state index >= 15 is 0 Å². The largest absolute Gasteiger partial charge is 0.391 e. The van der Waals surface area contributed by atoms with Crippen molar-refractivity contribution in [1.82, 2.24) is 4.90 Å². The number of thiol groups is 1. The average Bonchev–Trinajstić information content (AvgIpc) is 2.39. The van der Waals surface area contributed by atoms with E-state index < -0.39 is 12.1 Å². The van der Waals surface area contributed by atoms with Crippen LogP contribution in [0.4, 0.5) is 13.2 Å². The molecule has 0 unspecified atom stereocenters. The molecule has 0 bridgehead atoms. The minimum atomic E-state index is -4.00. The van der Waals surface area contributed by atoms with Gasteiger partial charge < -0.3 is 4.90 Å². The summed E-state index contributed by atoms with van der Waals surface area (Å²) in [6.07, 6.45) is 2.71. The zero-order valence-electron chi connectivity index (χ0n) is 11.4. The minimum Gasteiger partial charge on any atom is -0.303 e. The van der Waals surface area contributed by atoms with E-state index in [-0.39, 0.29) is 18.3 Å². The zero-order valence-corrected chi connectivity index (χ0v) is 12.3. The van der Waals surface area contributed by atoms with Crippen molar-refractivity contribution in [3.05, 3.63) is 0 Å². The Morgan fingerprint density at radius 3 is 2.11 bits per heavy atom. The van der Waals surface area contributed by atoms with Crippen LogP contribution in [0.15, 0.2) is 0 Å². The van der Waals surface area contributed by atoms with Gasteiger partial charge in [0, 0.05) is 6.54 Å².